The quantitative estimate of drug-likeness (QED) is 0.897. The van der Waals surface area contributed by atoms with Crippen LogP contribution < -0.4 is 5.32 Å². The van der Waals surface area contributed by atoms with Crippen LogP contribution in [0.25, 0.3) is 0 Å². The van der Waals surface area contributed by atoms with Gasteiger partial charge in [-0.05, 0) is 25.1 Å². The molecule has 90 valence electrons. The van der Waals surface area contributed by atoms with Crippen LogP contribution in [0.3, 0.4) is 0 Å². The number of hydrogen-bond donors (Lipinski definition) is 1. The summed E-state index contributed by atoms with van der Waals surface area (Å²) in [6.45, 7) is 1.82. The molecular formula is C12H14ClN3O. The Kier molecular flexibility index (Phi) is 4.80. The number of nitrogens with zero attached hydrogens (tertiary/aromatic N) is 2. The van der Waals surface area contributed by atoms with Crippen LogP contribution in [0.5, 0.6) is 0 Å². The van der Waals surface area contributed by atoms with Gasteiger partial charge >= 0.3 is 6.03 Å². The summed E-state index contributed by atoms with van der Waals surface area (Å²) in [6.07, 6.45) is 0.305. The number of hydrogen-bond acceptors (Lipinski definition) is 2. The molecule has 0 saturated carbocycles. The smallest absolute Gasteiger partial charge is 0.321 e. The van der Waals surface area contributed by atoms with Crippen molar-refractivity contribution in [2.75, 3.05) is 12.4 Å². The molecule has 0 saturated heterocycles. The maximum atomic E-state index is 11.8. The van der Waals surface area contributed by atoms with Gasteiger partial charge in [0.05, 0.1) is 12.5 Å². The van der Waals surface area contributed by atoms with Gasteiger partial charge in [0.1, 0.15) is 0 Å². The first kappa shape index (κ1) is 13.3. The number of rotatable bonds is 3. The molecule has 0 radical (unpaired) electrons. The van der Waals surface area contributed by atoms with E-state index in [0.29, 0.717) is 17.1 Å². The van der Waals surface area contributed by atoms with Gasteiger partial charge in [-0.3, -0.25) is 0 Å². The van der Waals surface area contributed by atoms with Gasteiger partial charge in [0.2, 0.25) is 0 Å². The van der Waals surface area contributed by atoms with Crippen molar-refractivity contribution in [3.63, 3.8) is 0 Å². The summed E-state index contributed by atoms with van der Waals surface area (Å²) in [5.41, 5.74) is 0.638. The molecule has 0 aliphatic carbocycles. The van der Waals surface area contributed by atoms with Crippen molar-refractivity contribution in [3.05, 3.63) is 29.3 Å². The molecule has 5 heteroatoms. The van der Waals surface area contributed by atoms with Gasteiger partial charge in [-0.15, -0.1) is 0 Å². The molecule has 1 aromatic rings. The van der Waals surface area contributed by atoms with Crippen molar-refractivity contribution in [1.29, 1.82) is 5.26 Å². The molecule has 0 spiro atoms. The van der Waals surface area contributed by atoms with Crippen molar-refractivity contribution in [3.8, 4) is 6.07 Å². The van der Waals surface area contributed by atoms with Gasteiger partial charge in [0.25, 0.3) is 0 Å². The third kappa shape index (κ3) is 3.97. The summed E-state index contributed by atoms with van der Waals surface area (Å²) in [5.74, 6) is 0. The number of carbonyl (C=O) groups is 1. The fraction of sp³-hybridized carbons (Fsp3) is 0.333. The lowest BCUT2D eigenvalue weighted by molar-refractivity contribution is 0.208. The van der Waals surface area contributed by atoms with Crippen LogP contribution in [0.1, 0.15) is 13.3 Å². The molecule has 17 heavy (non-hydrogen) atoms. The van der Waals surface area contributed by atoms with Crippen LogP contribution in [-0.2, 0) is 0 Å². The largest absolute Gasteiger partial charge is 0.324 e. The summed E-state index contributed by atoms with van der Waals surface area (Å²) in [7, 11) is 1.65. The Labute approximate surface area is 106 Å². The van der Waals surface area contributed by atoms with E-state index in [-0.39, 0.29) is 12.1 Å². The summed E-state index contributed by atoms with van der Waals surface area (Å²) in [6, 6.07) is 8.57. The number of carbonyl (C=O) groups excluding carboxylic acids is 1. The Morgan fingerprint density at radius 3 is 2.94 bits per heavy atom. The second-order valence-electron chi connectivity index (χ2n) is 3.76. The van der Waals surface area contributed by atoms with E-state index in [1.807, 2.05) is 13.0 Å². The minimum atomic E-state index is -0.255. The molecule has 0 bridgehead atoms. The topological polar surface area (TPSA) is 56.1 Å². The molecule has 1 aromatic carbocycles. The third-order valence-electron chi connectivity index (χ3n) is 2.44. The number of benzene rings is 1. The fourth-order valence-electron chi connectivity index (χ4n) is 1.25. The van der Waals surface area contributed by atoms with Gasteiger partial charge in [0.15, 0.2) is 0 Å². The first-order valence-electron chi connectivity index (χ1n) is 5.21. The summed E-state index contributed by atoms with van der Waals surface area (Å²) < 4.78 is 0. The van der Waals surface area contributed by atoms with E-state index in [1.54, 1.807) is 31.3 Å². The lowest BCUT2D eigenvalue weighted by atomic mass is 10.2. The average molecular weight is 252 g/mol. The minimum absolute atomic E-state index is 0.126. The van der Waals surface area contributed by atoms with Crippen molar-refractivity contribution in [2.45, 2.75) is 19.4 Å². The maximum absolute atomic E-state index is 11.8. The standard InChI is InChI=1S/C12H14ClN3O/c1-9(6-7-14)16(2)12(17)15-11-5-3-4-10(13)8-11/h3-5,8-9H,6H2,1-2H3,(H,15,17). The van der Waals surface area contributed by atoms with Crippen molar-refractivity contribution in [2.24, 2.45) is 0 Å². The van der Waals surface area contributed by atoms with Crippen LogP contribution in [-0.4, -0.2) is 24.0 Å². The Hall–Kier alpha value is -1.73. The molecule has 1 unspecified atom stereocenters. The van der Waals surface area contributed by atoms with Crippen molar-refractivity contribution < 1.29 is 4.79 Å². The Bertz CT molecular complexity index is 442. The van der Waals surface area contributed by atoms with Crippen molar-refractivity contribution in [1.82, 2.24) is 4.90 Å². The predicted molar refractivity (Wildman–Crippen MR) is 67.9 cm³/mol. The SMILES string of the molecule is CC(CC#N)N(C)C(=O)Nc1cccc(Cl)c1. The zero-order valence-electron chi connectivity index (χ0n) is 9.77. The minimum Gasteiger partial charge on any atom is -0.324 e. The molecule has 0 aromatic heterocycles. The lowest BCUT2D eigenvalue weighted by Gasteiger charge is -2.23. The molecule has 1 N–H and O–H groups in total. The van der Waals surface area contributed by atoms with Gasteiger partial charge < -0.3 is 10.2 Å². The highest BCUT2D eigenvalue weighted by Gasteiger charge is 2.15. The molecule has 0 aliphatic heterocycles. The molecule has 0 aliphatic rings. The second-order valence-corrected chi connectivity index (χ2v) is 4.20. The first-order valence-corrected chi connectivity index (χ1v) is 5.58. The number of urea groups is 1. The van der Waals surface area contributed by atoms with E-state index < -0.39 is 0 Å². The number of nitriles is 1. The van der Waals surface area contributed by atoms with Gasteiger partial charge in [-0.1, -0.05) is 17.7 Å². The average Bonchev–Trinajstić information content (AvgIpc) is 2.28. The summed E-state index contributed by atoms with van der Waals surface area (Å²) in [4.78, 5) is 13.3. The summed E-state index contributed by atoms with van der Waals surface area (Å²) >= 11 is 5.81. The highest BCUT2D eigenvalue weighted by Crippen LogP contribution is 2.15. The number of halogens is 1. The molecule has 2 amide bonds. The van der Waals surface area contributed by atoms with E-state index in [1.165, 1.54) is 4.90 Å². The normalized spacial score (nSPS) is 11.4. The lowest BCUT2D eigenvalue weighted by Crippen LogP contribution is -2.38. The van der Waals surface area contributed by atoms with Gasteiger partial charge in [-0.25, -0.2) is 4.79 Å². The molecule has 4 nitrogen and oxygen atoms in total. The molecule has 1 rings (SSSR count). The fourth-order valence-corrected chi connectivity index (χ4v) is 1.44. The molecule has 1 atom stereocenters. The number of nitrogens with one attached hydrogen (secondary N) is 1. The van der Waals surface area contributed by atoms with E-state index in [9.17, 15) is 4.79 Å². The third-order valence-corrected chi connectivity index (χ3v) is 2.68. The molecule has 0 heterocycles. The first-order chi connectivity index (χ1) is 8.04. The van der Waals surface area contributed by atoms with Crippen LogP contribution in [0.4, 0.5) is 10.5 Å². The number of amides is 2. The van der Waals surface area contributed by atoms with E-state index in [0.717, 1.165) is 0 Å². The van der Waals surface area contributed by atoms with Gasteiger partial charge in [-0.2, -0.15) is 5.26 Å². The Morgan fingerprint density at radius 2 is 2.35 bits per heavy atom. The number of anilines is 1. The van der Waals surface area contributed by atoms with E-state index in [4.69, 9.17) is 16.9 Å². The zero-order valence-corrected chi connectivity index (χ0v) is 10.5. The maximum Gasteiger partial charge on any atom is 0.321 e. The van der Waals surface area contributed by atoms with E-state index in [2.05, 4.69) is 5.32 Å². The van der Waals surface area contributed by atoms with Crippen LogP contribution in [0.2, 0.25) is 5.02 Å². The monoisotopic (exact) mass is 251 g/mol. The van der Waals surface area contributed by atoms with E-state index >= 15 is 0 Å². The highest BCUT2D eigenvalue weighted by molar-refractivity contribution is 6.30. The predicted octanol–water partition coefficient (Wildman–Crippen LogP) is 3.11. The molecular weight excluding hydrogens is 238 g/mol. The van der Waals surface area contributed by atoms with Crippen molar-refractivity contribution >= 4 is 23.3 Å². The van der Waals surface area contributed by atoms with Crippen LogP contribution in [0.15, 0.2) is 24.3 Å². The molecule has 0 fully saturated rings. The zero-order chi connectivity index (χ0) is 12.8. The summed E-state index contributed by atoms with van der Waals surface area (Å²) in [5, 5.41) is 11.8. The van der Waals surface area contributed by atoms with Crippen LogP contribution in [0, 0.1) is 11.3 Å². The van der Waals surface area contributed by atoms with Crippen LogP contribution >= 0.6 is 11.6 Å². The van der Waals surface area contributed by atoms with Gasteiger partial charge in [0, 0.05) is 23.8 Å². The Balaban J connectivity index is 2.63. The second kappa shape index (κ2) is 6.12. The Morgan fingerprint density at radius 1 is 1.65 bits per heavy atom. The highest BCUT2D eigenvalue weighted by atomic mass is 35.5.